The van der Waals surface area contributed by atoms with Crippen LogP contribution in [0.4, 0.5) is 19.6 Å². The van der Waals surface area contributed by atoms with Crippen molar-refractivity contribution in [3.8, 4) is 0 Å². The second-order valence-corrected chi connectivity index (χ2v) is 6.83. The highest BCUT2D eigenvalue weighted by molar-refractivity contribution is 6.31. The SMILES string of the molecule is CN(CCOC(=O)Nc1nc2cc(F)c(F)cc2o1)C(=O)CCc1ccccc1Cl. The monoisotopic (exact) mass is 437 g/mol. The van der Waals surface area contributed by atoms with E-state index in [2.05, 4.69) is 10.3 Å². The summed E-state index contributed by atoms with van der Waals surface area (Å²) in [6.07, 6.45) is -0.106. The molecule has 2 amide bonds. The number of rotatable bonds is 7. The Morgan fingerprint density at radius 2 is 1.97 bits per heavy atom. The molecule has 7 nitrogen and oxygen atoms in total. The molecule has 0 atom stereocenters. The molecule has 0 aliphatic carbocycles. The molecule has 3 rings (SSSR count). The maximum atomic E-state index is 13.2. The van der Waals surface area contributed by atoms with Crippen LogP contribution in [0.15, 0.2) is 40.8 Å². The molecule has 0 saturated heterocycles. The standard InChI is InChI=1S/C20H18ClF2N3O4/c1-26(18(27)7-6-12-4-2-3-5-13(12)21)8-9-29-20(28)25-19-24-16-10-14(22)15(23)11-17(16)30-19/h2-5,10-11H,6-9H2,1H3,(H,24,25,28). The predicted octanol–water partition coefficient (Wildman–Crippen LogP) is 4.40. The molecule has 1 heterocycles. The average Bonchev–Trinajstić information content (AvgIpc) is 3.08. The van der Waals surface area contributed by atoms with E-state index in [0.29, 0.717) is 11.4 Å². The number of fused-ring (bicyclic) bond motifs is 1. The van der Waals surface area contributed by atoms with E-state index in [-0.39, 0.29) is 42.6 Å². The first-order valence-corrected chi connectivity index (χ1v) is 9.38. The molecule has 2 aromatic carbocycles. The van der Waals surface area contributed by atoms with Crippen LogP contribution in [0.1, 0.15) is 12.0 Å². The van der Waals surface area contributed by atoms with Crippen molar-refractivity contribution in [2.24, 2.45) is 0 Å². The summed E-state index contributed by atoms with van der Waals surface area (Å²) in [5, 5.41) is 2.83. The number of aromatic nitrogens is 1. The lowest BCUT2D eigenvalue weighted by atomic mass is 10.1. The fourth-order valence-electron chi connectivity index (χ4n) is 2.63. The fraction of sp³-hybridized carbons (Fsp3) is 0.250. The van der Waals surface area contributed by atoms with Crippen LogP contribution >= 0.6 is 11.6 Å². The number of hydrogen-bond acceptors (Lipinski definition) is 5. The third kappa shape index (κ3) is 5.44. The summed E-state index contributed by atoms with van der Waals surface area (Å²) in [7, 11) is 1.60. The molecule has 0 radical (unpaired) electrons. The zero-order valence-electron chi connectivity index (χ0n) is 16.0. The van der Waals surface area contributed by atoms with Crippen molar-refractivity contribution in [3.05, 3.63) is 58.6 Å². The molecule has 3 aromatic rings. The summed E-state index contributed by atoms with van der Waals surface area (Å²) < 4.78 is 36.5. The third-order valence-corrected chi connectivity index (χ3v) is 4.66. The first-order valence-electron chi connectivity index (χ1n) is 9.00. The highest BCUT2D eigenvalue weighted by Gasteiger charge is 2.15. The summed E-state index contributed by atoms with van der Waals surface area (Å²) in [4.78, 5) is 29.3. The molecule has 0 spiro atoms. The molecule has 0 fully saturated rings. The molecule has 30 heavy (non-hydrogen) atoms. The third-order valence-electron chi connectivity index (χ3n) is 4.29. The van der Waals surface area contributed by atoms with E-state index in [1.807, 2.05) is 18.2 Å². The molecular weight excluding hydrogens is 420 g/mol. The van der Waals surface area contributed by atoms with Gasteiger partial charge in [-0.3, -0.25) is 4.79 Å². The van der Waals surface area contributed by atoms with Crippen molar-refractivity contribution in [1.29, 1.82) is 0 Å². The number of ether oxygens (including phenoxy) is 1. The Morgan fingerprint density at radius 1 is 1.23 bits per heavy atom. The van der Waals surface area contributed by atoms with Crippen molar-refractivity contribution in [2.75, 3.05) is 25.5 Å². The lowest BCUT2D eigenvalue weighted by Gasteiger charge is -2.17. The van der Waals surface area contributed by atoms with Gasteiger partial charge in [0.15, 0.2) is 17.2 Å². The van der Waals surface area contributed by atoms with Crippen LogP contribution < -0.4 is 5.32 Å². The maximum Gasteiger partial charge on any atom is 0.415 e. The first kappa shape index (κ1) is 21.5. The normalized spacial score (nSPS) is 10.8. The Bertz CT molecular complexity index is 1030. The van der Waals surface area contributed by atoms with Crippen molar-refractivity contribution in [3.63, 3.8) is 0 Å². The highest BCUT2D eigenvalue weighted by Crippen LogP contribution is 2.22. The number of nitrogens with one attached hydrogen (secondary N) is 1. The minimum atomic E-state index is -1.09. The number of amides is 2. The van der Waals surface area contributed by atoms with E-state index < -0.39 is 17.7 Å². The van der Waals surface area contributed by atoms with Crippen LogP contribution in [-0.2, 0) is 16.0 Å². The molecule has 10 heteroatoms. The Morgan fingerprint density at radius 3 is 2.73 bits per heavy atom. The fourth-order valence-corrected chi connectivity index (χ4v) is 2.86. The summed E-state index contributed by atoms with van der Waals surface area (Å²) in [5.41, 5.74) is 0.913. The molecule has 0 unspecified atom stereocenters. The quantitative estimate of drug-likeness (QED) is 0.592. The van der Waals surface area contributed by atoms with Gasteiger partial charge in [-0.1, -0.05) is 29.8 Å². The zero-order valence-corrected chi connectivity index (χ0v) is 16.7. The van der Waals surface area contributed by atoms with Crippen molar-refractivity contribution < 1.29 is 27.5 Å². The van der Waals surface area contributed by atoms with E-state index in [9.17, 15) is 18.4 Å². The predicted molar refractivity (Wildman–Crippen MR) is 106 cm³/mol. The van der Waals surface area contributed by atoms with E-state index in [1.165, 1.54) is 4.90 Å². The number of anilines is 1. The van der Waals surface area contributed by atoms with Gasteiger partial charge in [0.1, 0.15) is 12.1 Å². The summed E-state index contributed by atoms with van der Waals surface area (Å²) in [6, 6.07) is 8.72. The molecule has 0 aliphatic heterocycles. The number of carbonyl (C=O) groups excluding carboxylic acids is 2. The van der Waals surface area contributed by atoms with Gasteiger partial charge < -0.3 is 14.1 Å². The van der Waals surface area contributed by atoms with Gasteiger partial charge in [0.05, 0.1) is 6.54 Å². The number of benzene rings is 2. The molecule has 1 N–H and O–H groups in total. The van der Waals surface area contributed by atoms with Gasteiger partial charge in [-0.25, -0.2) is 18.9 Å². The lowest BCUT2D eigenvalue weighted by Crippen LogP contribution is -2.31. The second kappa shape index (κ2) is 9.53. The first-order chi connectivity index (χ1) is 14.3. The van der Waals surface area contributed by atoms with Crippen LogP contribution in [0, 0.1) is 11.6 Å². The number of oxazole rings is 1. The molecule has 0 bridgehead atoms. The number of nitrogens with zero attached hydrogens (tertiary/aromatic N) is 2. The van der Waals surface area contributed by atoms with Gasteiger partial charge in [-0.15, -0.1) is 0 Å². The zero-order chi connectivity index (χ0) is 21.7. The molecular formula is C20H18ClF2N3O4. The number of halogens is 3. The molecule has 0 aliphatic rings. The summed E-state index contributed by atoms with van der Waals surface area (Å²) in [5.74, 6) is -2.29. The Labute approximate surface area is 175 Å². The smallest absolute Gasteiger partial charge is 0.415 e. The highest BCUT2D eigenvalue weighted by atomic mass is 35.5. The van der Waals surface area contributed by atoms with Crippen LogP contribution in [0.2, 0.25) is 5.02 Å². The van der Waals surface area contributed by atoms with Gasteiger partial charge in [0.2, 0.25) is 5.91 Å². The van der Waals surface area contributed by atoms with E-state index >= 15 is 0 Å². The molecule has 0 saturated carbocycles. The Kier molecular flexibility index (Phi) is 6.83. The van der Waals surface area contributed by atoms with Gasteiger partial charge in [-0.05, 0) is 18.1 Å². The van der Waals surface area contributed by atoms with E-state index in [1.54, 1.807) is 13.1 Å². The minimum absolute atomic E-state index is 0.0203. The topological polar surface area (TPSA) is 84.7 Å². The van der Waals surface area contributed by atoms with Crippen molar-refractivity contribution >= 4 is 40.7 Å². The number of hydrogen-bond donors (Lipinski definition) is 1. The van der Waals surface area contributed by atoms with E-state index in [0.717, 1.165) is 17.7 Å². The second-order valence-electron chi connectivity index (χ2n) is 6.42. The number of likely N-dealkylation sites (N-methyl/N-ethyl adjacent to an activating group) is 1. The summed E-state index contributed by atoms with van der Waals surface area (Å²) in [6.45, 7) is 0.113. The minimum Gasteiger partial charge on any atom is -0.447 e. The van der Waals surface area contributed by atoms with Gasteiger partial charge in [0, 0.05) is 30.6 Å². The molecule has 158 valence electrons. The van der Waals surface area contributed by atoms with Crippen LogP contribution in [-0.4, -0.2) is 42.1 Å². The van der Waals surface area contributed by atoms with Crippen LogP contribution in [0.3, 0.4) is 0 Å². The van der Waals surface area contributed by atoms with Gasteiger partial charge >= 0.3 is 12.1 Å². The largest absolute Gasteiger partial charge is 0.447 e. The van der Waals surface area contributed by atoms with E-state index in [4.69, 9.17) is 20.8 Å². The van der Waals surface area contributed by atoms with Crippen LogP contribution in [0.25, 0.3) is 11.1 Å². The summed E-state index contributed by atoms with van der Waals surface area (Å²) >= 11 is 6.07. The Hall–Kier alpha value is -3.20. The lowest BCUT2D eigenvalue weighted by molar-refractivity contribution is -0.130. The average molecular weight is 438 g/mol. The van der Waals surface area contributed by atoms with Gasteiger partial charge in [0.25, 0.3) is 0 Å². The maximum absolute atomic E-state index is 13.2. The molecule has 1 aromatic heterocycles. The number of aryl methyl sites for hydroxylation is 1. The van der Waals surface area contributed by atoms with Gasteiger partial charge in [-0.2, -0.15) is 4.98 Å². The van der Waals surface area contributed by atoms with Crippen molar-refractivity contribution in [2.45, 2.75) is 12.8 Å². The van der Waals surface area contributed by atoms with Crippen LogP contribution in [0.5, 0.6) is 0 Å². The Balaban J connectivity index is 1.42. The number of carbonyl (C=O) groups is 2. The van der Waals surface area contributed by atoms with Crippen molar-refractivity contribution in [1.82, 2.24) is 9.88 Å².